The number of halogens is 1. The third-order valence-electron chi connectivity index (χ3n) is 1.74. The summed E-state index contributed by atoms with van der Waals surface area (Å²) < 4.78 is 11.0. The van der Waals surface area contributed by atoms with Gasteiger partial charge in [0, 0.05) is 19.3 Å². The molecule has 0 aliphatic carbocycles. The van der Waals surface area contributed by atoms with Crippen molar-refractivity contribution >= 4 is 18.9 Å². The lowest BCUT2D eigenvalue weighted by molar-refractivity contribution is 0.201. The minimum atomic E-state index is -2.34. The zero-order valence-electron chi connectivity index (χ0n) is 9.10. The Balaban J connectivity index is 3.91. The molecule has 2 nitrogen and oxygen atoms in total. The highest BCUT2D eigenvalue weighted by Crippen LogP contribution is 2.23. The van der Waals surface area contributed by atoms with E-state index in [2.05, 4.69) is 13.8 Å². The molecule has 0 aromatic heterocycles. The monoisotopic (exact) mass is 224 g/mol. The van der Waals surface area contributed by atoms with Gasteiger partial charge in [0.05, 0.1) is 0 Å². The smallest absolute Gasteiger partial charge is 0.383 e. The first-order chi connectivity index (χ1) is 6.04. The predicted octanol–water partition coefficient (Wildman–Crippen LogP) is 3.28. The summed E-state index contributed by atoms with van der Waals surface area (Å²) >= 11 is 6.28. The van der Waals surface area contributed by atoms with E-state index >= 15 is 0 Å². The van der Waals surface area contributed by atoms with Crippen LogP contribution in [-0.2, 0) is 8.85 Å². The molecular formula is C9H21ClO2Si. The van der Waals surface area contributed by atoms with E-state index < -0.39 is 7.87 Å². The van der Waals surface area contributed by atoms with E-state index in [4.69, 9.17) is 19.9 Å². The van der Waals surface area contributed by atoms with Gasteiger partial charge in [-0.1, -0.05) is 24.9 Å². The Bertz CT molecular complexity index is 125. The molecule has 0 unspecified atom stereocenters. The van der Waals surface area contributed by atoms with E-state index in [-0.39, 0.29) is 0 Å². The van der Waals surface area contributed by atoms with Crippen LogP contribution in [0, 0.1) is 5.92 Å². The summed E-state index contributed by atoms with van der Waals surface area (Å²) in [7, 11) is -2.34. The minimum absolute atomic E-state index is 0.647. The second-order valence-electron chi connectivity index (χ2n) is 3.46. The lowest BCUT2D eigenvalue weighted by Gasteiger charge is -2.23. The van der Waals surface area contributed by atoms with Gasteiger partial charge < -0.3 is 8.85 Å². The molecule has 0 atom stereocenters. The Labute approximate surface area is 87.5 Å². The average Bonchev–Trinajstić information content (AvgIpc) is 2.02. The number of rotatable bonds is 7. The molecule has 0 aromatic carbocycles. The highest BCUT2D eigenvalue weighted by Gasteiger charge is 2.34. The maximum absolute atomic E-state index is 6.28. The van der Waals surface area contributed by atoms with Gasteiger partial charge >= 0.3 is 7.87 Å². The molecule has 0 amide bonds. The highest BCUT2D eigenvalue weighted by atomic mass is 35.6. The SMILES string of the molecule is CCO[Si](Cl)(CCC(C)C)OCC. The van der Waals surface area contributed by atoms with Crippen LogP contribution in [0.4, 0.5) is 0 Å². The van der Waals surface area contributed by atoms with E-state index in [0.29, 0.717) is 19.1 Å². The van der Waals surface area contributed by atoms with Crippen LogP contribution >= 0.6 is 11.1 Å². The molecule has 80 valence electrons. The minimum Gasteiger partial charge on any atom is -0.383 e. The zero-order valence-corrected chi connectivity index (χ0v) is 10.9. The second-order valence-corrected chi connectivity index (χ2v) is 7.58. The van der Waals surface area contributed by atoms with Gasteiger partial charge in [-0.2, -0.15) is 0 Å². The lowest BCUT2D eigenvalue weighted by Crippen LogP contribution is -2.36. The molecule has 0 saturated heterocycles. The predicted molar refractivity (Wildman–Crippen MR) is 59.1 cm³/mol. The van der Waals surface area contributed by atoms with Crippen LogP contribution in [0.1, 0.15) is 34.1 Å². The summed E-state index contributed by atoms with van der Waals surface area (Å²) in [5.74, 6) is 0.659. The zero-order chi connectivity index (χ0) is 10.3. The van der Waals surface area contributed by atoms with Crippen molar-refractivity contribution in [1.82, 2.24) is 0 Å². The maximum atomic E-state index is 6.28. The molecule has 0 bridgehead atoms. The molecule has 0 radical (unpaired) electrons. The van der Waals surface area contributed by atoms with Gasteiger partial charge in [-0.15, -0.1) is 0 Å². The van der Waals surface area contributed by atoms with Crippen LogP contribution in [-0.4, -0.2) is 21.1 Å². The molecule has 4 heteroatoms. The third-order valence-corrected chi connectivity index (χ3v) is 5.29. The van der Waals surface area contributed by atoms with E-state index in [9.17, 15) is 0 Å². The molecule has 0 aliphatic heterocycles. The van der Waals surface area contributed by atoms with Crippen LogP contribution in [0.2, 0.25) is 6.04 Å². The summed E-state index contributed by atoms with van der Waals surface area (Å²) in [6.07, 6.45) is 1.08. The summed E-state index contributed by atoms with van der Waals surface area (Å²) in [6.45, 7) is 9.58. The largest absolute Gasteiger partial charge is 0.443 e. The van der Waals surface area contributed by atoms with Gasteiger partial charge in [0.25, 0.3) is 0 Å². The molecule has 0 aliphatic rings. The first kappa shape index (κ1) is 13.4. The fourth-order valence-corrected chi connectivity index (χ4v) is 4.22. The van der Waals surface area contributed by atoms with E-state index in [1.165, 1.54) is 0 Å². The molecule has 0 fully saturated rings. The fraction of sp³-hybridized carbons (Fsp3) is 1.00. The van der Waals surface area contributed by atoms with Crippen LogP contribution in [0.5, 0.6) is 0 Å². The molecule has 0 rings (SSSR count). The van der Waals surface area contributed by atoms with Gasteiger partial charge in [0.2, 0.25) is 0 Å². The van der Waals surface area contributed by atoms with Crippen LogP contribution in [0.3, 0.4) is 0 Å². The fourth-order valence-electron chi connectivity index (χ4n) is 1.08. The first-order valence-corrected chi connectivity index (χ1v) is 8.04. The van der Waals surface area contributed by atoms with Crippen LogP contribution < -0.4 is 0 Å². The molecule has 13 heavy (non-hydrogen) atoms. The quantitative estimate of drug-likeness (QED) is 0.488. The summed E-state index contributed by atoms with van der Waals surface area (Å²) in [5, 5.41) is 0. The van der Waals surface area contributed by atoms with Gasteiger partial charge in [-0.05, 0) is 26.2 Å². The Morgan fingerprint density at radius 2 is 1.62 bits per heavy atom. The van der Waals surface area contributed by atoms with Crippen LogP contribution in [0.25, 0.3) is 0 Å². The third kappa shape index (κ3) is 6.49. The topological polar surface area (TPSA) is 18.5 Å². The standard InChI is InChI=1S/C9H21ClO2Si/c1-5-11-13(10,12-6-2)8-7-9(3)4/h9H,5-8H2,1-4H3. The lowest BCUT2D eigenvalue weighted by atomic mass is 10.2. The molecule has 0 heterocycles. The van der Waals surface area contributed by atoms with Crippen molar-refractivity contribution in [3.8, 4) is 0 Å². The molecule has 0 spiro atoms. The van der Waals surface area contributed by atoms with Crippen molar-refractivity contribution < 1.29 is 8.85 Å². The van der Waals surface area contributed by atoms with Gasteiger partial charge in [-0.25, -0.2) is 0 Å². The van der Waals surface area contributed by atoms with Crippen molar-refractivity contribution in [1.29, 1.82) is 0 Å². The summed E-state index contributed by atoms with van der Waals surface area (Å²) in [5.41, 5.74) is 0. The van der Waals surface area contributed by atoms with E-state index in [0.717, 1.165) is 12.5 Å². The first-order valence-electron chi connectivity index (χ1n) is 5.01. The van der Waals surface area contributed by atoms with E-state index in [1.807, 2.05) is 13.8 Å². The van der Waals surface area contributed by atoms with Crippen molar-refractivity contribution in [3.63, 3.8) is 0 Å². The Morgan fingerprint density at radius 1 is 1.15 bits per heavy atom. The molecule has 0 N–H and O–H groups in total. The van der Waals surface area contributed by atoms with Crippen molar-refractivity contribution in [2.75, 3.05) is 13.2 Å². The molecule has 0 aromatic rings. The van der Waals surface area contributed by atoms with Crippen LogP contribution in [0.15, 0.2) is 0 Å². The Kier molecular flexibility index (Phi) is 7.04. The van der Waals surface area contributed by atoms with E-state index in [1.54, 1.807) is 0 Å². The number of hydrogen-bond acceptors (Lipinski definition) is 2. The maximum Gasteiger partial charge on any atom is 0.443 e. The molecular weight excluding hydrogens is 204 g/mol. The normalized spacial score (nSPS) is 12.5. The highest BCUT2D eigenvalue weighted by molar-refractivity contribution is 7.12. The van der Waals surface area contributed by atoms with Gasteiger partial charge in [0.1, 0.15) is 0 Å². The summed E-state index contributed by atoms with van der Waals surface area (Å²) in [4.78, 5) is 0. The second kappa shape index (κ2) is 6.82. The van der Waals surface area contributed by atoms with Crippen molar-refractivity contribution in [3.05, 3.63) is 0 Å². The van der Waals surface area contributed by atoms with Gasteiger partial charge in [-0.3, -0.25) is 0 Å². The molecule has 0 saturated carbocycles. The number of hydrogen-bond donors (Lipinski definition) is 0. The summed E-state index contributed by atoms with van der Waals surface area (Å²) in [6, 6.07) is 0.883. The van der Waals surface area contributed by atoms with Gasteiger partial charge in [0.15, 0.2) is 0 Å². The van der Waals surface area contributed by atoms with Crippen molar-refractivity contribution in [2.45, 2.75) is 40.2 Å². The van der Waals surface area contributed by atoms with Crippen molar-refractivity contribution in [2.24, 2.45) is 5.92 Å². The Morgan fingerprint density at radius 3 is 1.92 bits per heavy atom. The Hall–Kier alpha value is 0.427. The average molecular weight is 225 g/mol.